The molecule has 0 saturated heterocycles. The molecule has 0 heterocycles. The second-order valence-electron chi connectivity index (χ2n) is 4.83. The van der Waals surface area contributed by atoms with Gasteiger partial charge in [0, 0.05) is 12.6 Å². The van der Waals surface area contributed by atoms with E-state index in [2.05, 4.69) is 31.4 Å². The van der Waals surface area contributed by atoms with Crippen LogP contribution in [-0.2, 0) is 0 Å². The van der Waals surface area contributed by atoms with Crippen LogP contribution in [0.3, 0.4) is 0 Å². The van der Waals surface area contributed by atoms with Crippen molar-refractivity contribution in [1.82, 2.24) is 10.6 Å². The fraction of sp³-hybridized carbons (Fsp3) is 1.00. The van der Waals surface area contributed by atoms with Crippen molar-refractivity contribution in [3.05, 3.63) is 0 Å². The van der Waals surface area contributed by atoms with Crippen molar-refractivity contribution in [1.29, 1.82) is 0 Å². The van der Waals surface area contributed by atoms with E-state index in [1.54, 1.807) is 0 Å². The first kappa shape index (κ1) is 15.9. The average molecular weight is 228 g/mol. The van der Waals surface area contributed by atoms with E-state index in [1.165, 1.54) is 51.5 Å². The molecule has 0 radical (unpaired) electrons. The third kappa shape index (κ3) is 12.0. The Kier molecular flexibility index (Phi) is 12.9. The second-order valence-corrected chi connectivity index (χ2v) is 4.83. The van der Waals surface area contributed by atoms with Gasteiger partial charge in [-0.15, -0.1) is 0 Å². The normalized spacial score (nSPS) is 12.9. The standard InChI is InChI=1S/C14H32N2/c1-4-6-7-8-9-10-12-16-14(3)13-15-11-5-2/h14-16H,4-13H2,1-3H3. The molecule has 0 amide bonds. The topological polar surface area (TPSA) is 24.1 Å². The maximum atomic E-state index is 3.57. The van der Waals surface area contributed by atoms with E-state index < -0.39 is 0 Å². The highest BCUT2D eigenvalue weighted by atomic mass is 15.0. The van der Waals surface area contributed by atoms with Gasteiger partial charge in [0.25, 0.3) is 0 Å². The zero-order chi connectivity index (χ0) is 12.1. The van der Waals surface area contributed by atoms with Crippen LogP contribution in [0.1, 0.15) is 65.7 Å². The van der Waals surface area contributed by atoms with E-state index in [1.807, 2.05) is 0 Å². The third-order valence-corrected chi connectivity index (χ3v) is 2.90. The van der Waals surface area contributed by atoms with E-state index in [9.17, 15) is 0 Å². The predicted octanol–water partition coefficient (Wildman–Crippen LogP) is 3.32. The van der Waals surface area contributed by atoms with Crippen LogP contribution in [0.15, 0.2) is 0 Å². The van der Waals surface area contributed by atoms with Crippen LogP contribution in [0.25, 0.3) is 0 Å². The van der Waals surface area contributed by atoms with Crippen LogP contribution < -0.4 is 10.6 Å². The Labute approximate surface area is 103 Å². The summed E-state index contributed by atoms with van der Waals surface area (Å²) in [7, 11) is 0. The predicted molar refractivity (Wildman–Crippen MR) is 74.0 cm³/mol. The van der Waals surface area contributed by atoms with Crippen molar-refractivity contribution in [2.24, 2.45) is 0 Å². The highest BCUT2D eigenvalue weighted by Crippen LogP contribution is 2.04. The molecule has 0 aliphatic carbocycles. The van der Waals surface area contributed by atoms with Crippen LogP contribution in [0.2, 0.25) is 0 Å². The lowest BCUT2D eigenvalue weighted by atomic mass is 10.1. The molecule has 0 fully saturated rings. The first-order valence-electron chi connectivity index (χ1n) is 7.25. The summed E-state index contributed by atoms with van der Waals surface area (Å²) >= 11 is 0. The lowest BCUT2D eigenvalue weighted by Crippen LogP contribution is -2.37. The summed E-state index contributed by atoms with van der Waals surface area (Å²) < 4.78 is 0. The summed E-state index contributed by atoms with van der Waals surface area (Å²) in [4.78, 5) is 0. The maximum absolute atomic E-state index is 3.57. The minimum absolute atomic E-state index is 0.613. The number of hydrogen-bond donors (Lipinski definition) is 2. The molecule has 1 unspecified atom stereocenters. The average Bonchev–Trinajstić information content (AvgIpc) is 2.28. The number of unbranched alkanes of at least 4 members (excludes halogenated alkanes) is 5. The molecular weight excluding hydrogens is 196 g/mol. The van der Waals surface area contributed by atoms with Crippen molar-refractivity contribution in [2.75, 3.05) is 19.6 Å². The van der Waals surface area contributed by atoms with Crippen molar-refractivity contribution < 1.29 is 0 Å². The molecule has 16 heavy (non-hydrogen) atoms. The lowest BCUT2D eigenvalue weighted by Gasteiger charge is -2.14. The van der Waals surface area contributed by atoms with Crippen LogP contribution in [0.5, 0.6) is 0 Å². The molecule has 2 N–H and O–H groups in total. The molecule has 0 aliphatic rings. The first-order chi connectivity index (χ1) is 7.81. The van der Waals surface area contributed by atoms with E-state index >= 15 is 0 Å². The summed E-state index contributed by atoms with van der Waals surface area (Å²) in [5.41, 5.74) is 0. The van der Waals surface area contributed by atoms with Gasteiger partial charge in [0.2, 0.25) is 0 Å². The molecule has 0 aliphatic heterocycles. The SMILES string of the molecule is CCCCCCCCNC(C)CNCCC. The Balaban J connectivity index is 3.06. The number of rotatable bonds is 12. The van der Waals surface area contributed by atoms with E-state index in [-0.39, 0.29) is 0 Å². The maximum Gasteiger partial charge on any atom is 0.0164 e. The smallest absolute Gasteiger partial charge is 0.0164 e. The molecule has 0 spiro atoms. The molecule has 2 nitrogen and oxygen atoms in total. The molecule has 0 saturated carbocycles. The molecule has 1 atom stereocenters. The summed E-state index contributed by atoms with van der Waals surface area (Å²) in [5.74, 6) is 0. The molecule has 0 aromatic carbocycles. The minimum Gasteiger partial charge on any atom is -0.315 e. The van der Waals surface area contributed by atoms with E-state index in [0.29, 0.717) is 6.04 Å². The molecule has 2 heteroatoms. The third-order valence-electron chi connectivity index (χ3n) is 2.90. The summed E-state index contributed by atoms with van der Waals surface area (Å²) in [6.45, 7) is 10.2. The zero-order valence-electron chi connectivity index (χ0n) is 11.6. The van der Waals surface area contributed by atoms with Gasteiger partial charge in [0.15, 0.2) is 0 Å². The van der Waals surface area contributed by atoms with E-state index in [0.717, 1.165) is 13.1 Å². The molecular formula is C14H32N2. The highest BCUT2D eigenvalue weighted by Gasteiger charge is 1.98. The minimum atomic E-state index is 0.613. The van der Waals surface area contributed by atoms with Gasteiger partial charge in [0.05, 0.1) is 0 Å². The van der Waals surface area contributed by atoms with Crippen molar-refractivity contribution in [2.45, 2.75) is 71.8 Å². The van der Waals surface area contributed by atoms with Crippen LogP contribution in [-0.4, -0.2) is 25.7 Å². The summed E-state index contributed by atoms with van der Waals surface area (Å²) in [6.07, 6.45) is 9.54. The summed E-state index contributed by atoms with van der Waals surface area (Å²) in [6, 6.07) is 0.613. The summed E-state index contributed by atoms with van der Waals surface area (Å²) in [5, 5.41) is 7.01. The van der Waals surface area contributed by atoms with Gasteiger partial charge in [-0.2, -0.15) is 0 Å². The van der Waals surface area contributed by atoms with E-state index in [4.69, 9.17) is 0 Å². The number of nitrogens with one attached hydrogen (secondary N) is 2. The lowest BCUT2D eigenvalue weighted by molar-refractivity contribution is 0.484. The fourth-order valence-electron chi connectivity index (χ4n) is 1.82. The highest BCUT2D eigenvalue weighted by molar-refractivity contribution is 4.63. The molecule has 0 aromatic heterocycles. The molecule has 98 valence electrons. The Hall–Kier alpha value is -0.0800. The van der Waals surface area contributed by atoms with Gasteiger partial charge in [-0.3, -0.25) is 0 Å². The van der Waals surface area contributed by atoms with Gasteiger partial charge in [-0.25, -0.2) is 0 Å². The van der Waals surface area contributed by atoms with Crippen LogP contribution in [0, 0.1) is 0 Å². The molecule has 0 bridgehead atoms. The Morgan fingerprint density at radius 1 is 0.812 bits per heavy atom. The largest absolute Gasteiger partial charge is 0.315 e. The van der Waals surface area contributed by atoms with Gasteiger partial charge in [-0.05, 0) is 32.9 Å². The molecule has 0 aromatic rings. The van der Waals surface area contributed by atoms with Crippen molar-refractivity contribution in [3.8, 4) is 0 Å². The Bertz CT molecular complexity index is 126. The van der Waals surface area contributed by atoms with Crippen molar-refractivity contribution >= 4 is 0 Å². The number of hydrogen-bond acceptors (Lipinski definition) is 2. The van der Waals surface area contributed by atoms with Gasteiger partial charge >= 0.3 is 0 Å². The monoisotopic (exact) mass is 228 g/mol. The quantitative estimate of drug-likeness (QED) is 0.501. The Morgan fingerprint density at radius 2 is 1.50 bits per heavy atom. The van der Waals surface area contributed by atoms with Gasteiger partial charge < -0.3 is 10.6 Å². The van der Waals surface area contributed by atoms with Gasteiger partial charge in [-0.1, -0.05) is 46.0 Å². The second kappa shape index (κ2) is 13.0. The first-order valence-corrected chi connectivity index (χ1v) is 7.25. The van der Waals surface area contributed by atoms with Crippen molar-refractivity contribution in [3.63, 3.8) is 0 Å². The molecule has 0 rings (SSSR count). The fourth-order valence-corrected chi connectivity index (χ4v) is 1.82. The van der Waals surface area contributed by atoms with Gasteiger partial charge in [0.1, 0.15) is 0 Å². The zero-order valence-corrected chi connectivity index (χ0v) is 11.6. The van der Waals surface area contributed by atoms with Crippen LogP contribution >= 0.6 is 0 Å². The van der Waals surface area contributed by atoms with Crippen LogP contribution in [0.4, 0.5) is 0 Å². The Morgan fingerprint density at radius 3 is 2.19 bits per heavy atom.